The van der Waals surface area contributed by atoms with Gasteiger partial charge in [-0.3, -0.25) is 4.79 Å². The Morgan fingerprint density at radius 1 is 0.434 bits per heavy atom. The van der Waals surface area contributed by atoms with Gasteiger partial charge in [0.15, 0.2) is 12.6 Å². The number of ether oxygens (including phenoxy) is 4. The van der Waals surface area contributed by atoms with Crippen molar-refractivity contribution in [1.29, 1.82) is 0 Å². The Balaban J connectivity index is 1.58. The number of unbranched alkanes of at least 4 members (excludes halogenated alkanes) is 16. The van der Waals surface area contributed by atoms with Gasteiger partial charge in [0.05, 0.1) is 32.0 Å². The van der Waals surface area contributed by atoms with E-state index < -0.39 is 86.8 Å². The van der Waals surface area contributed by atoms with Crippen molar-refractivity contribution in [2.45, 2.75) is 274 Å². The highest BCUT2D eigenvalue weighted by molar-refractivity contribution is 5.76. The van der Waals surface area contributed by atoms with Gasteiger partial charge in [0.1, 0.15) is 48.8 Å². The van der Waals surface area contributed by atoms with Gasteiger partial charge in [0.2, 0.25) is 5.91 Å². The number of allylic oxidation sites excluding steroid dienone is 21. The summed E-state index contributed by atoms with van der Waals surface area (Å²) in [5, 5.41) is 86.9. The van der Waals surface area contributed by atoms with Gasteiger partial charge in [-0.05, 0) is 103 Å². The molecule has 2 aliphatic heterocycles. The molecule has 0 aromatic heterocycles. The molecule has 9 N–H and O–H groups in total. The van der Waals surface area contributed by atoms with Gasteiger partial charge in [0, 0.05) is 6.42 Å². The van der Waals surface area contributed by atoms with Crippen molar-refractivity contribution in [3.05, 3.63) is 134 Å². The number of hydrogen-bond acceptors (Lipinski definition) is 13. The van der Waals surface area contributed by atoms with Crippen LogP contribution in [0.5, 0.6) is 0 Å². The van der Waals surface area contributed by atoms with E-state index in [9.17, 15) is 45.6 Å². The predicted molar refractivity (Wildman–Crippen MR) is 336 cm³/mol. The molecule has 14 heteroatoms. The van der Waals surface area contributed by atoms with Crippen molar-refractivity contribution in [3.8, 4) is 0 Å². The third-order valence-corrected chi connectivity index (χ3v) is 14.6. The van der Waals surface area contributed by atoms with Crippen LogP contribution in [0.3, 0.4) is 0 Å². The van der Waals surface area contributed by atoms with E-state index >= 15 is 0 Å². The lowest BCUT2D eigenvalue weighted by atomic mass is 9.97. The molecule has 12 unspecified atom stereocenters. The lowest BCUT2D eigenvalue weighted by Crippen LogP contribution is -2.65. The first-order valence-corrected chi connectivity index (χ1v) is 31.9. The largest absolute Gasteiger partial charge is 0.394 e. The van der Waals surface area contributed by atoms with Gasteiger partial charge in [-0.15, -0.1) is 0 Å². The second kappa shape index (κ2) is 52.5. The minimum atomic E-state index is -1.80. The Bertz CT molecular complexity index is 1900. The van der Waals surface area contributed by atoms with E-state index in [1.165, 1.54) is 64.2 Å². The molecule has 0 aromatic rings. The van der Waals surface area contributed by atoms with Gasteiger partial charge in [-0.2, -0.15) is 0 Å². The molecule has 14 nitrogen and oxygen atoms in total. The van der Waals surface area contributed by atoms with Crippen molar-refractivity contribution in [2.24, 2.45) is 0 Å². The van der Waals surface area contributed by atoms with Gasteiger partial charge in [0.25, 0.3) is 0 Å². The van der Waals surface area contributed by atoms with Crippen LogP contribution in [0.4, 0.5) is 0 Å². The zero-order chi connectivity index (χ0) is 60.2. The SMILES string of the molecule is CC/C=C\C/C=C\C/C=C\C/C=C\C/C=C\C/C=C\C/C=C\C/C=C\CCCCCCCCCCCCCCCCC(=O)NC(COC1OC(CO)C(OC2OC(CO)C(O)C(O)C2O)C(O)C1O)C(O)/C=C/CC/C=C/CC/C=C/CC. The third-order valence-electron chi connectivity index (χ3n) is 14.6. The molecule has 12 atom stereocenters. The molecule has 0 saturated carbocycles. The number of nitrogens with one attached hydrogen (secondary N) is 1. The normalized spacial score (nSPS) is 24.7. The summed E-state index contributed by atoms with van der Waals surface area (Å²) in [6.07, 6.45) is 61.1. The monoisotopic (exact) mass is 1160 g/mol. The fourth-order valence-corrected chi connectivity index (χ4v) is 9.52. The first-order chi connectivity index (χ1) is 40.6. The number of aliphatic hydroxyl groups excluding tert-OH is 8. The molecule has 83 heavy (non-hydrogen) atoms. The Hall–Kier alpha value is -3.87. The fourth-order valence-electron chi connectivity index (χ4n) is 9.52. The van der Waals surface area contributed by atoms with E-state index in [0.29, 0.717) is 12.8 Å². The number of carbonyl (C=O) groups is 1. The van der Waals surface area contributed by atoms with E-state index in [-0.39, 0.29) is 18.9 Å². The van der Waals surface area contributed by atoms with Crippen molar-refractivity contribution < 1.29 is 64.6 Å². The van der Waals surface area contributed by atoms with E-state index in [0.717, 1.165) is 103 Å². The van der Waals surface area contributed by atoms with Gasteiger partial charge < -0.3 is 65.1 Å². The maximum Gasteiger partial charge on any atom is 0.220 e. The average Bonchev–Trinajstić information content (AvgIpc) is 3.47. The third kappa shape index (κ3) is 37.3. The molecule has 2 aliphatic rings. The quantitative estimate of drug-likeness (QED) is 0.0204. The van der Waals surface area contributed by atoms with Crippen LogP contribution in [0, 0.1) is 0 Å². The Labute approximate surface area is 500 Å². The highest BCUT2D eigenvalue weighted by atomic mass is 16.7. The summed E-state index contributed by atoms with van der Waals surface area (Å²) in [5.41, 5.74) is 0. The zero-order valence-electron chi connectivity index (χ0n) is 50.9. The van der Waals surface area contributed by atoms with Crippen LogP contribution in [-0.4, -0.2) is 140 Å². The van der Waals surface area contributed by atoms with Gasteiger partial charge in [-0.1, -0.05) is 225 Å². The number of hydrogen-bond donors (Lipinski definition) is 9. The van der Waals surface area contributed by atoms with Gasteiger partial charge >= 0.3 is 0 Å². The van der Waals surface area contributed by atoms with Crippen LogP contribution in [0.1, 0.15) is 200 Å². The van der Waals surface area contributed by atoms with E-state index in [1.807, 2.05) is 6.08 Å². The average molecular weight is 1160 g/mol. The summed E-state index contributed by atoms with van der Waals surface area (Å²) < 4.78 is 22.7. The van der Waals surface area contributed by atoms with Crippen LogP contribution >= 0.6 is 0 Å². The molecular weight excluding hydrogens is 1050 g/mol. The van der Waals surface area contributed by atoms with Crippen LogP contribution < -0.4 is 5.32 Å². The van der Waals surface area contributed by atoms with Crippen LogP contribution in [-0.2, 0) is 23.7 Å². The topological polar surface area (TPSA) is 228 Å². The minimum absolute atomic E-state index is 0.261. The lowest BCUT2D eigenvalue weighted by Gasteiger charge is -2.46. The first kappa shape index (κ1) is 75.2. The summed E-state index contributed by atoms with van der Waals surface area (Å²) in [6, 6.07) is -0.944. The summed E-state index contributed by atoms with van der Waals surface area (Å²) in [6.45, 7) is 2.50. The van der Waals surface area contributed by atoms with Crippen LogP contribution in [0.2, 0.25) is 0 Å². The van der Waals surface area contributed by atoms with Crippen LogP contribution in [0.25, 0.3) is 0 Å². The predicted octanol–water partition coefficient (Wildman–Crippen LogP) is 11.9. The molecule has 1 amide bonds. The molecule has 0 spiro atoms. The second-order valence-electron chi connectivity index (χ2n) is 21.8. The smallest absolute Gasteiger partial charge is 0.220 e. The number of rotatable bonds is 49. The summed E-state index contributed by atoms with van der Waals surface area (Å²) in [7, 11) is 0. The molecule has 0 aromatic carbocycles. The molecule has 0 bridgehead atoms. The maximum absolute atomic E-state index is 13.2. The number of carbonyl (C=O) groups excluding carboxylic acids is 1. The van der Waals surface area contributed by atoms with Crippen molar-refractivity contribution >= 4 is 5.91 Å². The number of aliphatic hydroxyl groups is 8. The highest BCUT2D eigenvalue weighted by Gasteiger charge is 2.51. The molecule has 0 aliphatic carbocycles. The Morgan fingerprint density at radius 3 is 1.28 bits per heavy atom. The highest BCUT2D eigenvalue weighted by Crippen LogP contribution is 2.30. The zero-order valence-corrected chi connectivity index (χ0v) is 50.9. The Kier molecular flexibility index (Phi) is 47.5. The summed E-state index contributed by atoms with van der Waals surface area (Å²) in [4.78, 5) is 13.2. The van der Waals surface area contributed by atoms with Crippen molar-refractivity contribution in [3.63, 3.8) is 0 Å². The van der Waals surface area contributed by atoms with Gasteiger partial charge in [-0.25, -0.2) is 0 Å². The Morgan fingerprint density at radius 2 is 0.807 bits per heavy atom. The minimum Gasteiger partial charge on any atom is -0.394 e. The van der Waals surface area contributed by atoms with E-state index in [1.54, 1.807) is 6.08 Å². The lowest BCUT2D eigenvalue weighted by molar-refractivity contribution is -0.359. The maximum atomic E-state index is 13.2. The number of amides is 1. The molecule has 2 rings (SSSR count). The standard InChI is InChI=1S/C69H113NO13/c1-3-5-7-9-11-13-15-16-17-18-19-20-21-22-23-24-25-26-27-28-29-30-31-32-33-34-35-36-37-38-39-40-41-42-43-45-47-49-51-53-61(74)70-57(58(73)52-50-48-46-44-14-12-10-8-6-4-2)56-80-68-66(79)64(77)67(60(55-72)82-68)83-69-65(78)63(76)62(75)59(54-71)81-69/h5-8,11,13-14,16-17,19-20,22-23,25-26,28-29,31-32,44,50,52,57-60,62-69,71-73,75-79H,3-4,9-10,12,15,18,21,24,27,30,33-43,45-49,51,53-56H2,1-2H3,(H,70,74)/b7-5-,8-6+,13-11-,17-16-,20-19-,23-22-,26-25-,29-28-,32-31-,44-14+,52-50+. The second-order valence-corrected chi connectivity index (χ2v) is 21.8. The fraction of sp³-hybridized carbons (Fsp3) is 0.667. The van der Waals surface area contributed by atoms with Crippen molar-refractivity contribution in [1.82, 2.24) is 5.32 Å². The van der Waals surface area contributed by atoms with Crippen molar-refractivity contribution in [2.75, 3.05) is 19.8 Å². The summed E-state index contributed by atoms with van der Waals surface area (Å²) in [5.74, 6) is -0.262. The van der Waals surface area contributed by atoms with E-state index in [4.69, 9.17) is 18.9 Å². The summed E-state index contributed by atoms with van der Waals surface area (Å²) >= 11 is 0. The molecule has 0 radical (unpaired) electrons. The molecule has 2 fully saturated rings. The van der Waals surface area contributed by atoms with E-state index in [2.05, 4.69) is 141 Å². The molecular formula is C69H113NO13. The molecule has 2 saturated heterocycles. The van der Waals surface area contributed by atoms with Crippen LogP contribution in [0.15, 0.2) is 134 Å². The molecule has 472 valence electrons. The molecule has 2 heterocycles. The first-order valence-electron chi connectivity index (χ1n) is 31.9.